The van der Waals surface area contributed by atoms with Gasteiger partial charge >= 0.3 is 0 Å². The summed E-state index contributed by atoms with van der Waals surface area (Å²) in [5.41, 5.74) is 7.47. The number of hydrogen-bond donors (Lipinski definition) is 1. The first kappa shape index (κ1) is 12.0. The second kappa shape index (κ2) is 4.93. The Hall–Kier alpha value is -1.02. The van der Waals surface area contributed by atoms with E-state index in [1.54, 1.807) is 0 Å². The summed E-state index contributed by atoms with van der Waals surface area (Å²) < 4.78 is 6.20. The van der Waals surface area contributed by atoms with Crippen LogP contribution in [0, 0.1) is 11.8 Å². The van der Waals surface area contributed by atoms with Gasteiger partial charge < -0.3 is 10.5 Å². The zero-order valence-electron chi connectivity index (χ0n) is 11.1. The van der Waals surface area contributed by atoms with Gasteiger partial charge in [0.05, 0.1) is 0 Å². The zero-order valence-corrected chi connectivity index (χ0v) is 11.1. The monoisotopic (exact) mass is 245 g/mol. The van der Waals surface area contributed by atoms with Crippen LogP contribution in [-0.4, -0.2) is 6.10 Å². The number of hydrogen-bond acceptors (Lipinski definition) is 2. The highest BCUT2D eigenvalue weighted by Gasteiger charge is 2.33. The summed E-state index contributed by atoms with van der Waals surface area (Å²) in [5.74, 6) is 2.62. The van der Waals surface area contributed by atoms with Crippen molar-refractivity contribution in [1.29, 1.82) is 0 Å². The van der Waals surface area contributed by atoms with Crippen LogP contribution in [0.4, 0.5) is 0 Å². The van der Waals surface area contributed by atoms with Crippen LogP contribution in [0.3, 0.4) is 0 Å². The number of ether oxygens (including phenoxy) is 1. The Kier molecular flexibility index (Phi) is 3.29. The summed E-state index contributed by atoms with van der Waals surface area (Å²) in [6.07, 6.45) is 6.63. The zero-order chi connectivity index (χ0) is 12.5. The van der Waals surface area contributed by atoms with Crippen molar-refractivity contribution in [2.24, 2.45) is 17.6 Å². The van der Waals surface area contributed by atoms with Crippen molar-refractivity contribution >= 4 is 0 Å². The third-order valence-corrected chi connectivity index (χ3v) is 4.67. The Balaban J connectivity index is 1.73. The Bertz CT molecular complexity index is 409. The van der Waals surface area contributed by atoms with E-state index in [2.05, 4.69) is 19.1 Å². The molecule has 0 bridgehead atoms. The predicted octanol–water partition coefficient (Wildman–Crippen LogP) is 3.66. The van der Waals surface area contributed by atoms with E-state index in [1.807, 2.05) is 12.1 Å². The van der Waals surface area contributed by atoms with Crippen LogP contribution in [0.15, 0.2) is 24.3 Å². The van der Waals surface area contributed by atoms with Crippen molar-refractivity contribution < 1.29 is 4.74 Å². The van der Waals surface area contributed by atoms with E-state index in [9.17, 15) is 0 Å². The van der Waals surface area contributed by atoms with Gasteiger partial charge in [0.15, 0.2) is 0 Å². The van der Waals surface area contributed by atoms with Crippen molar-refractivity contribution in [2.75, 3.05) is 0 Å². The first-order valence-corrected chi connectivity index (χ1v) is 7.25. The van der Waals surface area contributed by atoms with Crippen molar-refractivity contribution in [3.63, 3.8) is 0 Å². The molecule has 1 unspecified atom stereocenters. The van der Waals surface area contributed by atoms with Crippen LogP contribution in [0.5, 0.6) is 5.75 Å². The summed E-state index contributed by atoms with van der Waals surface area (Å²) in [7, 11) is 0. The van der Waals surface area contributed by atoms with Crippen LogP contribution >= 0.6 is 0 Å². The Morgan fingerprint density at radius 2 is 1.83 bits per heavy atom. The fourth-order valence-electron chi connectivity index (χ4n) is 3.43. The number of rotatable bonds is 1. The molecule has 2 nitrogen and oxygen atoms in total. The van der Waals surface area contributed by atoms with Crippen LogP contribution < -0.4 is 10.5 Å². The second-order valence-corrected chi connectivity index (χ2v) is 6.06. The lowest BCUT2D eigenvalue weighted by atomic mass is 9.77. The second-order valence-electron chi connectivity index (χ2n) is 6.06. The van der Waals surface area contributed by atoms with Crippen LogP contribution in [0.25, 0.3) is 0 Å². The van der Waals surface area contributed by atoms with E-state index < -0.39 is 0 Å². The number of fused-ring (bicyclic) bond motifs is 1. The van der Waals surface area contributed by atoms with Crippen molar-refractivity contribution in [2.45, 2.75) is 51.2 Å². The third-order valence-electron chi connectivity index (χ3n) is 4.67. The molecule has 2 heteroatoms. The highest BCUT2D eigenvalue weighted by molar-refractivity contribution is 5.37. The van der Waals surface area contributed by atoms with Crippen LogP contribution in [0.1, 0.15) is 50.6 Å². The van der Waals surface area contributed by atoms with Crippen molar-refractivity contribution in [1.82, 2.24) is 0 Å². The van der Waals surface area contributed by atoms with E-state index in [4.69, 9.17) is 10.5 Å². The number of benzene rings is 1. The summed E-state index contributed by atoms with van der Waals surface area (Å²) in [4.78, 5) is 0. The molecule has 0 amide bonds. The standard InChI is InChI=1S/C16H23NO/c1-11-6-8-12(9-7-11)16-10-14(17)13-4-2-3-5-15(13)18-16/h2-5,11-12,14,16H,6-10,17H2,1H3/t11?,12?,14-,16?/m0/s1. The lowest BCUT2D eigenvalue weighted by molar-refractivity contribution is 0.0703. The topological polar surface area (TPSA) is 35.2 Å². The summed E-state index contributed by atoms with van der Waals surface area (Å²) in [5, 5.41) is 0. The molecule has 18 heavy (non-hydrogen) atoms. The minimum absolute atomic E-state index is 0.152. The highest BCUT2D eigenvalue weighted by atomic mass is 16.5. The average Bonchev–Trinajstić information content (AvgIpc) is 2.39. The molecule has 98 valence electrons. The molecule has 0 saturated heterocycles. The Morgan fingerprint density at radius 3 is 2.61 bits per heavy atom. The maximum atomic E-state index is 6.29. The highest BCUT2D eigenvalue weighted by Crippen LogP contribution is 2.40. The van der Waals surface area contributed by atoms with Crippen molar-refractivity contribution in [3.05, 3.63) is 29.8 Å². The molecule has 2 N–H and O–H groups in total. The van der Waals surface area contributed by atoms with Crippen LogP contribution in [0.2, 0.25) is 0 Å². The van der Waals surface area contributed by atoms with E-state index in [1.165, 1.54) is 31.2 Å². The predicted molar refractivity (Wildman–Crippen MR) is 73.5 cm³/mol. The first-order chi connectivity index (χ1) is 8.74. The van der Waals surface area contributed by atoms with E-state index in [0.717, 1.165) is 18.1 Å². The largest absolute Gasteiger partial charge is 0.490 e. The Morgan fingerprint density at radius 1 is 1.11 bits per heavy atom. The maximum Gasteiger partial charge on any atom is 0.124 e. The van der Waals surface area contributed by atoms with Gasteiger partial charge in [-0.25, -0.2) is 0 Å². The third kappa shape index (κ3) is 2.26. The van der Waals surface area contributed by atoms with Gasteiger partial charge in [-0.1, -0.05) is 38.0 Å². The van der Waals surface area contributed by atoms with E-state index in [-0.39, 0.29) is 6.04 Å². The lowest BCUT2D eigenvalue weighted by Crippen LogP contribution is -2.36. The molecule has 1 aliphatic carbocycles. The Labute approximate surface area is 110 Å². The molecule has 2 aliphatic rings. The number of para-hydroxylation sites is 1. The van der Waals surface area contributed by atoms with Gasteiger partial charge in [-0.05, 0) is 30.7 Å². The molecule has 0 aromatic heterocycles. The molecule has 1 aromatic carbocycles. The minimum atomic E-state index is 0.152. The first-order valence-electron chi connectivity index (χ1n) is 7.25. The minimum Gasteiger partial charge on any atom is -0.490 e. The lowest BCUT2D eigenvalue weighted by Gasteiger charge is -2.38. The maximum absolute atomic E-state index is 6.29. The SMILES string of the molecule is CC1CCC(C2C[C@H](N)c3ccccc3O2)CC1. The molecule has 0 spiro atoms. The quantitative estimate of drug-likeness (QED) is 0.819. The molecular weight excluding hydrogens is 222 g/mol. The summed E-state index contributed by atoms with van der Waals surface area (Å²) in [6.45, 7) is 2.36. The molecule has 1 saturated carbocycles. The van der Waals surface area contributed by atoms with Crippen LogP contribution in [-0.2, 0) is 0 Å². The molecule has 0 radical (unpaired) electrons. The molecule has 2 atom stereocenters. The molecule has 1 fully saturated rings. The van der Waals surface area contributed by atoms with Gasteiger partial charge in [0.2, 0.25) is 0 Å². The van der Waals surface area contributed by atoms with Gasteiger partial charge in [0.1, 0.15) is 11.9 Å². The molecular formula is C16H23NO. The fraction of sp³-hybridized carbons (Fsp3) is 0.625. The summed E-state index contributed by atoms with van der Waals surface area (Å²) >= 11 is 0. The fourth-order valence-corrected chi connectivity index (χ4v) is 3.43. The van der Waals surface area contributed by atoms with Gasteiger partial charge in [-0.2, -0.15) is 0 Å². The van der Waals surface area contributed by atoms with Gasteiger partial charge in [-0.3, -0.25) is 0 Å². The van der Waals surface area contributed by atoms with Gasteiger partial charge in [0, 0.05) is 18.0 Å². The molecule has 1 heterocycles. The van der Waals surface area contributed by atoms with Gasteiger partial charge in [-0.15, -0.1) is 0 Å². The smallest absolute Gasteiger partial charge is 0.124 e. The summed E-state index contributed by atoms with van der Waals surface area (Å²) in [6, 6.07) is 8.40. The van der Waals surface area contributed by atoms with Crippen molar-refractivity contribution in [3.8, 4) is 5.75 Å². The molecule has 3 rings (SSSR count). The average molecular weight is 245 g/mol. The molecule has 1 aliphatic heterocycles. The van der Waals surface area contributed by atoms with E-state index in [0.29, 0.717) is 12.0 Å². The van der Waals surface area contributed by atoms with E-state index >= 15 is 0 Å². The normalized spacial score (nSPS) is 35.7. The van der Waals surface area contributed by atoms with Gasteiger partial charge in [0.25, 0.3) is 0 Å². The molecule has 1 aromatic rings. The number of nitrogens with two attached hydrogens (primary N) is 1.